The number of ether oxygens (including phenoxy) is 1. The van der Waals surface area contributed by atoms with Crippen LogP contribution in [0.3, 0.4) is 0 Å². The first-order chi connectivity index (χ1) is 12.7. The van der Waals surface area contributed by atoms with E-state index in [1.54, 1.807) is 0 Å². The minimum Gasteiger partial charge on any atom is -0.469 e. The van der Waals surface area contributed by atoms with Gasteiger partial charge in [-0.25, -0.2) is 4.99 Å². The monoisotopic (exact) mass is 359 g/mol. The van der Waals surface area contributed by atoms with Gasteiger partial charge in [0.05, 0.1) is 7.11 Å². The Bertz CT molecular complexity index is 737. The van der Waals surface area contributed by atoms with Crippen molar-refractivity contribution < 1.29 is 13.9 Å². The van der Waals surface area contributed by atoms with Crippen LogP contribution in [0.25, 0.3) is 11.0 Å². The highest BCUT2D eigenvalue weighted by atomic mass is 16.5. The molecule has 1 aromatic carbocycles. The van der Waals surface area contributed by atoms with Crippen LogP contribution >= 0.6 is 0 Å². The van der Waals surface area contributed by atoms with Gasteiger partial charge in [0.1, 0.15) is 17.9 Å². The molecule has 0 bridgehead atoms. The van der Waals surface area contributed by atoms with E-state index in [1.165, 1.54) is 7.11 Å². The van der Waals surface area contributed by atoms with Crippen LogP contribution in [0, 0.1) is 6.92 Å². The van der Waals surface area contributed by atoms with Crippen molar-refractivity contribution in [3.8, 4) is 0 Å². The number of carbonyl (C=O) groups excluding carboxylic acids is 1. The van der Waals surface area contributed by atoms with E-state index in [-0.39, 0.29) is 5.97 Å². The van der Waals surface area contributed by atoms with Crippen LogP contribution in [0.1, 0.15) is 43.9 Å². The summed E-state index contributed by atoms with van der Waals surface area (Å²) in [6.45, 7) is 6.22. The number of aliphatic imine (C=N–C) groups is 1. The lowest BCUT2D eigenvalue weighted by Gasteiger charge is -2.11. The maximum absolute atomic E-state index is 11.1. The quantitative estimate of drug-likeness (QED) is 0.310. The Morgan fingerprint density at radius 1 is 1.19 bits per heavy atom. The van der Waals surface area contributed by atoms with Gasteiger partial charge in [-0.2, -0.15) is 0 Å². The van der Waals surface area contributed by atoms with Gasteiger partial charge < -0.3 is 19.8 Å². The topological polar surface area (TPSA) is 75.9 Å². The standard InChI is InChI=1S/C20H29N3O3/c1-4-21-20(22-13-9-5-6-12-19(24)25-3)23-14-18-15(2)16-10-7-8-11-17(16)26-18/h7-8,10-11H,4-6,9,12-14H2,1-3H3,(H2,21,22,23). The zero-order chi connectivity index (χ0) is 18.8. The van der Waals surface area contributed by atoms with Gasteiger partial charge in [-0.15, -0.1) is 0 Å². The second kappa shape index (κ2) is 10.5. The van der Waals surface area contributed by atoms with Crippen LogP contribution in [-0.2, 0) is 16.1 Å². The first kappa shape index (κ1) is 19.8. The third-order valence-electron chi connectivity index (χ3n) is 4.25. The predicted molar refractivity (Wildman–Crippen MR) is 104 cm³/mol. The molecule has 2 aromatic rings. The van der Waals surface area contributed by atoms with Crippen LogP contribution in [-0.4, -0.2) is 32.1 Å². The molecule has 0 aliphatic carbocycles. The van der Waals surface area contributed by atoms with Gasteiger partial charge >= 0.3 is 5.97 Å². The summed E-state index contributed by atoms with van der Waals surface area (Å²) in [6.07, 6.45) is 3.28. The smallest absolute Gasteiger partial charge is 0.305 e. The summed E-state index contributed by atoms with van der Waals surface area (Å²) in [5, 5.41) is 7.71. The van der Waals surface area contributed by atoms with Gasteiger partial charge in [-0.05, 0) is 32.8 Å². The van der Waals surface area contributed by atoms with Crippen molar-refractivity contribution in [2.75, 3.05) is 20.2 Å². The van der Waals surface area contributed by atoms with E-state index in [1.807, 2.05) is 25.1 Å². The number of carbonyl (C=O) groups is 1. The zero-order valence-corrected chi connectivity index (χ0v) is 15.9. The second-order valence-corrected chi connectivity index (χ2v) is 6.16. The first-order valence-electron chi connectivity index (χ1n) is 9.21. The second-order valence-electron chi connectivity index (χ2n) is 6.16. The van der Waals surface area contributed by atoms with Crippen molar-refractivity contribution in [3.63, 3.8) is 0 Å². The van der Waals surface area contributed by atoms with Gasteiger partial charge in [0.2, 0.25) is 0 Å². The molecule has 0 atom stereocenters. The van der Waals surface area contributed by atoms with E-state index in [0.717, 1.165) is 60.6 Å². The molecule has 26 heavy (non-hydrogen) atoms. The lowest BCUT2D eigenvalue weighted by molar-refractivity contribution is -0.140. The lowest BCUT2D eigenvalue weighted by Crippen LogP contribution is -2.37. The Labute approximate surface area is 155 Å². The van der Waals surface area contributed by atoms with E-state index in [9.17, 15) is 4.79 Å². The molecular formula is C20H29N3O3. The Morgan fingerprint density at radius 3 is 2.73 bits per heavy atom. The number of nitrogens with zero attached hydrogens (tertiary/aromatic N) is 1. The number of esters is 1. The number of hydrogen-bond donors (Lipinski definition) is 2. The molecule has 0 radical (unpaired) electrons. The van der Waals surface area contributed by atoms with Crippen LogP contribution in [0.2, 0.25) is 0 Å². The first-order valence-corrected chi connectivity index (χ1v) is 9.21. The van der Waals surface area contributed by atoms with E-state index >= 15 is 0 Å². The summed E-state index contributed by atoms with van der Waals surface area (Å²) in [7, 11) is 1.42. The Morgan fingerprint density at radius 2 is 2.00 bits per heavy atom. The fourth-order valence-corrected chi connectivity index (χ4v) is 2.75. The molecule has 2 N–H and O–H groups in total. The number of furan rings is 1. The van der Waals surface area contributed by atoms with Crippen molar-refractivity contribution in [2.45, 2.75) is 46.1 Å². The normalized spacial score (nSPS) is 11.6. The van der Waals surface area contributed by atoms with Crippen LogP contribution in [0.15, 0.2) is 33.7 Å². The fraction of sp³-hybridized carbons (Fsp3) is 0.500. The fourth-order valence-electron chi connectivity index (χ4n) is 2.75. The van der Waals surface area contributed by atoms with Gasteiger partial charge in [-0.1, -0.05) is 24.6 Å². The molecule has 0 aliphatic heterocycles. The van der Waals surface area contributed by atoms with Crippen molar-refractivity contribution in [2.24, 2.45) is 4.99 Å². The molecule has 1 heterocycles. The molecule has 1 aromatic heterocycles. The number of para-hydroxylation sites is 1. The highest BCUT2D eigenvalue weighted by Crippen LogP contribution is 2.25. The summed E-state index contributed by atoms with van der Waals surface area (Å²) < 4.78 is 10.6. The third-order valence-corrected chi connectivity index (χ3v) is 4.25. The van der Waals surface area contributed by atoms with Gasteiger partial charge in [-0.3, -0.25) is 4.79 Å². The van der Waals surface area contributed by atoms with Crippen molar-refractivity contribution >= 4 is 22.9 Å². The zero-order valence-electron chi connectivity index (χ0n) is 15.9. The summed E-state index contributed by atoms with van der Waals surface area (Å²) in [6, 6.07) is 8.04. The number of guanidine groups is 1. The van der Waals surface area contributed by atoms with E-state index in [2.05, 4.69) is 33.4 Å². The maximum atomic E-state index is 11.1. The molecular weight excluding hydrogens is 330 g/mol. The average molecular weight is 359 g/mol. The number of unbranched alkanes of at least 4 members (excludes halogenated alkanes) is 2. The molecule has 0 fully saturated rings. The molecule has 0 saturated heterocycles. The number of aryl methyl sites for hydroxylation is 1. The molecule has 0 amide bonds. The van der Waals surface area contributed by atoms with Crippen LogP contribution in [0.5, 0.6) is 0 Å². The molecule has 0 saturated carbocycles. The van der Waals surface area contributed by atoms with Gasteiger partial charge in [0, 0.05) is 30.5 Å². The van der Waals surface area contributed by atoms with E-state index in [4.69, 9.17) is 4.42 Å². The highest BCUT2D eigenvalue weighted by molar-refractivity contribution is 5.82. The Hall–Kier alpha value is -2.50. The highest BCUT2D eigenvalue weighted by Gasteiger charge is 2.09. The number of rotatable bonds is 9. The number of hydrogen-bond acceptors (Lipinski definition) is 4. The minimum absolute atomic E-state index is 0.144. The number of fused-ring (bicyclic) bond motifs is 1. The molecule has 0 spiro atoms. The molecule has 6 heteroatoms. The molecule has 0 unspecified atom stereocenters. The van der Waals surface area contributed by atoms with Gasteiger partial charge in [0.25, 0.3) is 0 Å². The van der Waals surface area contributed by atoms with Crippen LogP contribution < -0.4 is 10.6 Å². The van der Waals surface area contributed by atoms with Crippen molar-refractivity contribution in [1.29, 1.82) is 0 Å². The van der Waals surface area contributed by atoms with Gasteiger partial charge in [0.15, 0.2) is 5.96 Å². The molecule has 6 nitrogen and oxygen atoms in total. The molecule has 0 aliphatic rings. The SMILES string of the molecule is CCNC(=NCc1oc2ccccc2c1C)NCCCCCC(=O)OC. The van der Waals surface area contributed by atoms with E-state index < -0.39 is 0 Å². The van der Waals surface area contributed by atoms with E-state index in [0.29, 0.717) is 13.0 Å². The minimum atomic E-state index is -0.144. The Kier molecular flexibility index (Phi) is 7.99. The summed E-state index contributed by atoms with van der Waals surface area (Å²) in [5.41, 5.74) is 2.04. The van der Waals surface area contributed by atoms with Crippen LogP contribution in [0.4, 0.5) is 0 Å². The summed E-state index contributed by atoms with van der Waals surface area (Å²) in [4.78, 5) is 15.7. The maximum Gasteiger partial charge on any atom is 0.305 e. The van der Waals surface area contributed by atoms with Crippen molar-refractivity contribution in [1.82, 2.24) is 10.6 Å². The number of benzene rings is 1. The lowest BCUT2D eigenvalue weighted by atomic mass is 10.1. The predicted octanol–water partition coefficient (Wildman–Crippen LogP) is 3.53. The number of nitrogens with one attached hydrogen (secondary N) is 2. The third kappa shape index (κ3) is 5.79. The Balaban J connectivity index is 1.83. The molecule has 2 rings (SSSR count). The van der Waals surface area contributed by atoms with Crippen molar-refractivity contribution in [3.05, 3.63) is 35.6 Å². The summed E-state index contributed by atoms with van der Waals surface area (Å²) in [5.74, 6) is 1.52. The summed E-state index contributed by atoms with van der Waals surface area (Å²) >= 11 is 0. The average Bonchev–Trinajstić information content (AvgIpc) is 2.98. The largest absolute Gasteiger partial charge is 0.469 e. The number of methoxy groups -OCH3 is 1. The molecule has 142 valence electrons.